The van der Waals surface area contributed by atoms with E-state index in [0.29, 0.717) is 36.4 Å². The fourth-order valence-electron chi connectivity index (χ4n) is 2.10. The normalized spacial score (nSPS) is 14.5. The minimum atomic E-state index is -0.0668. The van der Waals surface area contributed by atoms with Crippen molar-refractivity contribution in [2.75, 3.05) is 6.54 Å². The summed E-state index contributed by atoms with van der Waals surface area (Å²) >= 11 is 3.42. The maximum Gasteiger partial charge on any atom is 0.267 e. The van der Waals surface area contributed by atoms with Gasteiger partial charge in [-0.1, -0.05) is 5.16 Å². The van der Waals surface area contributed by atoms with Crippen LogP contribution in [-0.4, -0.2) is 27.2 Å². The Balaban J connectivity index is 1.59. The van der Waals surface area contributed by atoms with Gasteiger partial charge in [0.2, 0.25) is 5.89 Å². The number of hydrogen-bond acceptors (Lipinski definition) is 4. The van der Waals surface area contributed by atoms with Crippen LogP contribution in [0.2, 0.25) is 0 Å². The number of aromatic nitrogens is 3. The van der Waals surface area contributed by atoms with E-state index in [2.05, 4.69) is 31.4 Å². The number of nitrogens with one attached hydrogen (secondary N) is 1. The minimum Gasteiger partial charge on any atom is -0.350 e. The molecule has 1 N–H and O–H groups in total. The van der Waals surface area contributed by atoms with Crippen molar-refractivity contribution in [3.05, 3.63) is 34.1 Å². The van der Waals surface area contributed by atoms with Crippen LogP contribution in [0.3, 0.4) is 0 Å². The molecule has 0 radical (unpaired) electrons. The molecule has 1 fully saturated rings. The fraction of sp³-hybridized carbons (Fsp3) is 0.462. The average Bonchev–Trinajstić information content (AvgIpc) is 3.06. The van der Waals surface area contributed by atoms with Crippen LogP contribution in [-0.2, 0) is 6.42 Å². The first kappa shape index (κ1) is 13.4. The standard InChI is InChI=1S/C13H15BrN4O2/c1-8-16-12(17-20-8)4-5-15-13(19)11-6-9(14)7-18(11)10-2-3-10/h6-7,10H,2-5H2,1H3,(H,15,19). The van der Waals surface area contributed by atoms with Gasteiger partial charge in [0.1, 0.15) is 5.69 Å². The minimum absolute atomic E-state index is 0.0668. The second-order valence-electron chi connectivity index (χ2n) is 4.92. The van der Waals surface area contributed by atoms with Crippen LogP contribution in [0.4, 0.5) is 0 Å². The molecule has 2 heterocycles. The predicted octanol–water partition coefficient (Wildman–Crippen LogP) is 2.25. The van der Waals surface area contributed by atoms with Crippen LogP contribution in [0.15, 0.2) is 21.3 Å². The topological polar surface area (TPSA) is 73.0 Å². The van der Waals surface area contributed by atoms with E-state index in [9.17, 15) is 4.79 Å². The third-order valence-corrected chi connectivity index (χ3v) is 3.63. The van der Waals surface area contributed by atoms with E-state index < -0.39 is 0 Å². The highest BCUT2D eigenvalue weighted by Crippen LogP contribution is 2.37. The molecule has 0 aromatic carbocycles. The largest absolute Gasteiger partial charge is 0.350 e. The Morgan fingerprint density at radius 2 is 2.40 bits per heavy atom. The lowest BCUT2D eigenvalue weighted by Gasteiger charge is -2.07. The summed E-state index contributed by atoms with van der Waals surface area (Å²) in [5, 5.41) is 6.69. The smallest absolute Gasteiger partial charge is 0.267 e. The highest BCUT2D eigenvalue weighted by molar-refractivity contribution is 9.10. The lowest BCUT2D eigenvalue weighted by Crippen LogP contribution is -2.27. The van der Waals surface area contributed by atoms with Crippen LogP contribution < -0.4 is 5.32 Å². The number of carbonyl (C=O) groups is 1. The van der Waals surface area contributed by atoms with Crippen molar-refractivity contribution in [3.8, 4) is 0 Å². The molecule has 1 amide bonds. The van der Waals surface area contributed by atoms with Crippen LogP contribution in [0.5, 0.6) is 0 Å². The van der Waals surface area contributed by atoms with Crippen molar-refractivity contribution in [2.45, 2.75) is 32.2 Å². The zero-order valence-corrected chi connectivity index (χ0v) is 12.7. The molecule has 0 atom stereocenters. The van der Waals surface area contributed by atoms with E-state index in [1.54, 1.807) is 6.92 Å². The van der Waals surface area contributed by atoms with Gasteiger partial charge in [-0.05, 0) is 34.8 Å². The molecule has 0 bridgehead atoms. The van der Waals surface area contributed by atoms with Gasteiger partial charge in [-0.25, -0.2) is 0 Å². The first-order valence-corrected chi connectivity index (χ1v) is 7.37. The summed E-state index contributed by atoms with van der Waals surface area (Å²) in [7, 11) is 0. The van der Waals surface area contributed by atoms with Gasteiger partial charge in [0.25, 0.3) is 5.91 Å². The molecule has 0 aliphatic heterocycles. The molecule has 6 nitrogen and oxygen atoms in total. The number of aryl methyl sites for hydroxylation is 1. The molecule has 1 aliphatic rings. The molecular weight excluding hydrogens is 324 g/mol. The number of rotatable bonds is 5. The molecule has 1 saturated carbocycles. The molecule has 0 saturated heterocycles. The Hall–Kier alpha value is -1.63. The van der Waals surface area contributed by atoms with E-state index in [-0.39, 0.29) is 5.91 Å². The SMILES string of the molecule is Cc1nc(CCNC(=O)c2cc(Br)cn2C2CC2)no1. The molecule has 3 rings (SSSR count). The van der Waals surface area contributed by atoms with Crippen LogP contribution in [0, 0.1) is 6.92 Å². The summed E-state index contributed by atoms with van der Waals surface area (Å²) < 4.78 is 7.86. The monoisotopic (exact) mass is 338 g/mol. The van der Waals surface area contributed by atoms with Gasteiger partial charge in [0, 0.05) is 36.6 Å². The van der Waals surface area contributed by atoms with E-state index in [1.165, 1.54) is 0 Å². The Kier molecular flexibility index (Phi) is 3.60. The maximum absolute atomic E-state index is 12.2. The molecule has 0 unspecified atom stereocenters. The third-order valence-electron chi connectivity index (χ3n) is 3.19. The Bertz CT molecular complexity index is 630. The van der Waals surface area contributed by atoms with Crippen molar-refractivity contribution in [2.24, 2.45) is 0 Å². The highest BCUT2D eigenvalue weighted by Gasteiger charge is 2.27. The van der Waals surface area contributed by atoms with E-state index in [4.69, 9.17) is 4.52 Å². The maximum atomic E-state index is 12.2. The number of halogens is 1. The van der Waals surface area contributed by atoms with Gasteiger partial charge in [0.15, 0.2) is 5.82 Å². The molecule has 20 heavy (non-hydrogen) atoms. The number of nitrogens with zero attached hydrogens (tertiary/aromatic N) is 3. The third kappa shape index (κ3) is 2.92. The van der Waals surface area contributed by atoms with Crippen molar-refractivity contribution < 1.29 is 9.32 Å². The van der Waals surface area contributed by atoms with Gasteiger partial charge in [-0.3, -0.25) is 4.79 Å². The summed E-state index contributed by atoms with van der Waals surface area (Å²) in [5.74, 6) is 1.09. The molecule has 2 aromatic heterocycles. The van der Waals surface area contributed by atoms with E-state index in [1.807, 2.05) is 16.8 Å². The van der Waals surface area contributed by atoms with Gasteiger partial charge < -0.3 is 14.4 Å². The second-order valence-corrected chi connectivity index (χ2v) is 5.83. The quantitative estimate of drug-likeness (QED) is 0.907. The summed E-state index contributed by atoms with van der Waals surface area (Å²) in [6.45, 7) is 2.24. The van der Waals surface area contributed by atoms with Crippen molar-refractivity contribution >= 4 is 21.8 Å². The van der Waals surface area contributed by atoms with Crippen LogP contribution >= 0.6 is 15.9 Å². The summed E-state index contributed by atoms with van der Waals surface area (Å²) in [4.78, 5) is 16.3. The van der Waals surface area contributed by atoms with Crippen molar-refractivity contribution in [3.63, 3.8) is 0 Å². The molecular formula is C13H15BrN4O2. The summed E-state index contributed by atoms with van der Waals surface area (Å²) in [5.41, 5.74) is 0.698. The first-order valence-electron chi connectivity index (χ1n) is 6.58. The fourth-order valence-corrected chi connectivity index (χ4v) is 2.54. The van der Waals surface area contributed by atoms with Crippen LogP contribution in [0.25, 0.3) is 0 Å². The average molecular weight is 339 g/mol. The molecule has 106 valence electrons. The molecule has 0 spiro atoms. The van der Waals surface area contributed by atoms with E-state index >= 15 is 0 Å². The lowest BCUT2D eigenvalue weighted by molar-refractivity contribution is 0.0944. The van der Waals surface area contributed by atoms with Gasteiger partial charge in [-0.15, -0.1) is 0 Å². The van der Waals surface area contributed by atoms with Crippen molar-refractivity contribution in [1.82, 2.24) is 20.0 Å². The molecule has 1 aliphatic carbocycles. The zero-order valence-electron chi connectivity index (χ0n) is 11.1. The number of amides is 1. The Morgan fingerprint density at radius 3 is 3.05 bits per heavy atom. The number of carbonyl (C=O) groups excluding carboxylic acids is 1. The summed E-state index contributed by atoms with van der Waals surface area (Å²) in [6.07, 6.45) is 4.82. The Morgan fingerprint density at radius 1 is 1.60 bits per heavy atom. The molecule has 2 aromatic rings. The van der Waals surface area contributed by atoms with Gasteiger partial charge >= 0.3 is 0 Å². The number of hydrogen-bond donors (Lipinski definition) is 1. The molecule has 7 heteroatoms. The van der Waals surface area contributed by atoms with Gasteiger partial charge in [0.05, 0.1) is 0 Å². The summed E-state index contributed by atoms with van der Waals surface area (Å²) in [6, 6.07) is 2.33. The van der Waals surface area contributed by atoms with E-state index in [0.717, 1.165) is 17.3 Å². The second kappa shape index (κ2) is 5.40. The Labute approximate surface area is 124 Å². The predicted molar refractivity (Wildman–Crippen MR) is 75.5 cm³/mol. The van der Waals surface area contributed by atoms with Crippen LogP contribution in [0.1, 0.15) is 41.1 Å². The highest BCUT2D eigenvalue weighted by atomic mass is 79.9. The first-order chi connectivity index (χ1) is 9.63. The van der Waals surface area contributed by atoms with Gasteiger partial charge in [-0.2, -0.15) is 4.98 Å². The lowest BCUT2D eigenvalue weighted by atomic mass is 10.3. The van der Waals surface area contributed by atoms with Crippen molar-refractivity contribution in [1.29, 1.82) is 0 Å². The zero-order chi connectivity index (χ0) is 14.1.